The van der Waals surface area contributed by atoms with Gasteiger partial charge < -0.3 is 22.9 Å². The third-order valence-electron chi connectivity index (χ3n) is 2.77. The number of hydrogen-bond acceptors (Lipinski definition) is 1. The van der Waals surface area contributed by atoms with Crippen molar-refractivity contribution >= 4 is 0 Å². The first-order valence-corrected chi connectivity index (χ1v) is 6.12. The number of hydrogen-bond donors (Lipinski definition) is 1. The van der Waals surface area contributed by atoms with Crippen molar-refractivity contribution in [3.8, 4) is 0 Å². The third-order valence-corrected chi connectivity index (χ3v) is 2.77. The highest BCUT2D eigenvalue weighted by Crippen LogP contribution is 2.26. The lowest BCUT2D eigenvalue weighted by Crippen LogP contribution is -3.00. The summed E-state index contributed by atoms with van der Waals surface area (Å²) in [5.74, 6) is -0.586. The number of halogens is 3. The second kappa shape index (κ2) is 7.94. The molecule has 0 spiro atoms. The minimum absolute atomic E-state index is 0. The molecule has 2 aromatic carbocycles. The van der Waals surface area contributed by atoms with E-state index in [4.69, 9.17) is 4.74 Å². The van der Waals surface area contributed by atoms with Gasteiger partial charge in [0.1, 0.15) is 17.7 Å². The molecule has 2 rings (SSSR count). The molecule has 0 aliphatic heterocycles. The molecule has 0 aliphatic carbocycles. The monoisotopic (exact) mass is 299 g/mol. The lowest BCUT2D eigenvalue weighted by atomic mass is 10.0. The molecule has 0 radical (unpaired) electrons. The molecule has 0 saturated carbocycles. The average Bonchev–Trinajstić information content (AvgIpc) is 2.43. The Kier molecular flexibility index (Phi) is 6.58. The van der Waals surface area contributed by atoms with Gasteiger partial charge >= 0.3 is 0 Å². The van der Waals surface area contributed by atoms with Gasteiger partial charge in [-0.3, -0.25) is 0 Å². The fourth-order valence-corrected chi connectivity index (χ4v) is 1.86. The normalized spacial score (nSPS) is 10.4. The van der Waals surface area contributed by atoms with Gasteiger partial charge in [0.2, 0.25) is 0 Å². The van der Waals surface area contributed by atoms with Crippen molar-refractivity contribution in [3.05, 3.63) is 71.3 Å². The quantitative estimate of drug-likeness (QED) is 0.780. The molecule has 0 aliphatic rings. The fourth-order valence-electron chi connectivity index (χ4n) is 1.86. The minimum Gasteiger partial charge on any atom is -1.00 e. The SMILES string of the molecule is [Cl-].[NH3+]CCOC(c1ccc(F)cc1)c1ccc(F)cc1. The van der Waals surface area contributed by atoms with Gasteiger partial charge in [-0.15, -0.1) is 0 Å². The maximum atomic E-state index is 13.0. The van der Waals surface area contributed by atoms with Gasteiger partial charge in [0.25, 0.3) is 0 Å². The number of quaternary nitrogens is 1. The van der Waals surface area contributed by atoms with Crippen LogP contribution in [0, 0.1) is 11.6 Å². The summed E-state index contributed by atoms with van der Waals surface area (Å²) in [6, 6.07) is 12.2. The smallest absolute Gasteiger partial charge is 0.123 e. The highest BCUT2D eigenvalue weighted by molar-refractivity contribution is 5.30. The van der Waals surface area contributed by atoms with Gasteiger partial charge in [-0.1, -0.05) is 24.3 Å². The zero-order valence-electron chi connectivity index (χ0n) is 10.9. The zero-order valence-corrected chi connectivity index (χ0v) is 11.6. The molecule has 0 unspecified atom stereocenters. The molecule has 0 saturated heterocycles. The minimum atomic E-state index is -0.331. The summed E-state index contributed by atoms with van der Waals surface area (Å²) in [7, 11) is 0. The Balaban J connectivity index is 0.00000200. The number of rotatable bonds is 5. The predicted molar refractivity (Wildman–Crippen MR) is 68.4 cm³/mol. The molecule has 108 valence electrons. The Hall–Kier alpha value is -1.49. The largest absolute Gasteiger partial charge is 1.00 e. The second-order valence-electron chi connectivity index (χ2n) is 4.21. The van der Waals surface area contributed by atoms with E-state index in [0.29, 0.717) is 13.2 Å². The Labute approximate surface area is 123 Å². The van der Waals surface area contributed by atoms with E-state index in [-0.39, 0.29) is 30.1 Å². The Bertz CT molecular complexity index is 471. The van der Waals surface area contributed by atoms with Gasteiger partial charge in [0.05, 0.1) is 13.2 Å². The van der Waals surface area contributed by atoms with Crippen LogP contribution in [0.5, 0.6) is 0 Å². The van der Waals surface area contributed by atoms with Gasteiger partial charge in [0, 0.05) is 0 Å². The van der Waals surface area contributed by atoms with E-state index in [1.165, 1.54) is 24.3 Å². The van der Waals surface area contributed by atoms with Crippen LogP contribution in [0.15, 0.2) is 48.5 Å². The summed E-state index contributed by atoms with van der Waals surface area (Å²) >= 11 is 0. The van der Waals surface area contributed by atoms with Crippen LogP contribution in [-0.4, -0.2) is 13.2 Å². The van der Waals surface area contributed by atoms with Crippen LogP contribution in [0.4, 0.5) is 8.78 Å². The maximum Gasteiger partial charge on any atom is 0.123 e. The van der Waals surface area contributed by atoms with Crippen LogP contribution in [0.3, 0.4) is 0 Å². The van der Waals surface area contributed by atoms with Crippen LogP contribution in [0.1, 0.15) is 17.2 Å². The van der Waals surface area contributed by atoms with Crippen LogP contribution in [-0.2, 0) is 4.74 Å². The van der Waals surface area contributed by atoms with Crippen molar-refractivity contribution in [1.29, 1.82) is 0 Å². The van der Waals surface area contributed by atoms with E-state index >= 15 is 0 Å². The molecular formula is C15H16ClF2NO. The molecule has 0 bridgehead atoms. The fraction of sp³-hybridized carbons (Fsp3) is 0.200. The Morgan fingerprint density at radius 3 is 1.60 bits per heavy atom. The molecule has 0 amide bonds. The van der Waals surface area contributed by atoms with Crippen LogP contribution >= 0.6 is 0 Å². The van der Waals surface area contributed by atoms with E-state index < -0.39 is 0 Å². The highest BCUT2D eigenvalue weighted by Gasteiger charge is 2.15. The summed E-state index contributed by atoms with van der Waals surface area (Å²) in [6.07, 6.45) is -0.331. The Morgan fingerprint density at radius 1 is 0.850 bits per heavy atom. The molecule has 20 heavy (non-hydrogen) atoms. The van der Waals surface area contributed by atoms with Gasteiger partial charge in [0.15, 0.2) is 0 Å². The van der Waals surface area contributed by atoms with Crippen LogP contribution in [0.2, 0.25) is 0 Å². The van der Waals surface area contributed by atoms with E-state index in [9.17, 15) is 8.78 Å². The van der Waals surface area contributed by atoms with Crippen molar-refractivity contribution in [3.63, 3.8) is 0 Å². The summed E-state index contributed by atoms with van der Waals surface area (Å²) in [6.45, 7) is 1.12. The lowest BCUT2D eigenvalue weighted by molar-refractivity contribution is -0.375. The molecule has 5 heteroatoms. The summed E-state index contributed by atoms with van der Waals surface area (Å²) in [4.78, 5) is 0. The van der Waals surface area contributed by atoms with Crippen LogP contribution in [0.25, 0.3) is 0 Å². The number of ether oxygens (including phenoxy) is 1. The maximum absolute atomic E-state index is 13.0. The highest BCUT2D eigenvalue weighted by atomic mass is 35.5. The van der Waals surface area contributed by atoms with Crippen molar-refractivity contribution < 1.29 is 31.7 Å². The topological polar surface area (TPSA) is 36.9 Å². The van der Waals surface area contributed by atoms with E-state index in [0.717, 1.165) is 11.1 Å². The van der Waals surface area contributed by atoms with Gasteiger partial charge in [-0.2, -0.15) is 0 Å². The second-order valence-corrected chi connectivity index (χ2v) is 4.21. The van der Waals surface area contributed by atoms with Crippen molar-refractivity contribution in [2.45, 2.75) is 6.10 Å². The van der Waals surface area contributed by atoms with E-state index in [1.807, 2.05) is 0 Å². The Morgan fingerprint density at radius 2 is 1.25 bits per heavy atom. The van der Waals surface area contributed by atoms with E-state index in [1.54, 1.807) is 24.3 Å². The zero-order chi connectivity index (χ0) is 13.7. The first-order chi connectivity index (χ1) is 9.20. The molecule has 0 atom stereocenters. The average molecular weight is 300 g/mol. The van der Waals surface area contributed by atoms with Gasteiger partial charge in [-0.05, 0) is 35.4 Å². The van der Waals surface area contributed by atoms with E-state index in [2.05, 4.69) is 5.73 Å². The summed E-state index contributed by atoms with van der Waals surface area (Å²) < 4.78 is 31.6. The lowest BCUT2D eigenvalue weighted by Gasteiger charge is -2.18. The summed E-state index contributed by atoms with van der Waals surface area (Å²) in [5, 5.41) is 0. The molecule has 3 N–H and O–H groups in total. The van der Waals surface area contributed by atoms with Crippen molar-refractivity contribution in [2.24, 2.45) is 0 Å². The molecular weight excluding hydrogens is 284 g/mol. The number of benzene rings is 2. The molecule has 0 aromatic heterocycles. The standard InChI is InChI=1S/C15H15F2NO.ClH/c16-13-5-1-11(2-6-13)15(19-10-9-18)12-3-7-14(17)8-4-12;/h1-8,15H,9-10,18H2;1H. The first kappa shape index (κ1) is 16.6. The van der Waals surface area contributed by atoms with Crippen molar-refractivity contribution in [1.82, 2.24) is 0 Å². The van der Waals surface area contributed by atoms with Crippen molar-refractivity contribution in [2.75, 3.05) is 13.2 Å². The molecule has 2 aromatic rings. The molecule has 0 heterocycles. The molecule has 0 fully saturated rings. The third kappa shape index (κ3) is 4.27. The summed E-state index contributed by atoms with van der Waals surface area (Å²) in [5.41, 5.74) is 5.40. The first-order valence-electron chi connectivity index (χ1n) is 6.12. The predicted octanol–water partition coefficient (Wildman–Crippen LogP) is -0.683. The van der Waals surface area contributed by atoms with Gasteiger partial charge in [-0.25, -0.2) is 8.78 Å². The molecule has 2 nitrogen and oxygen atoms in total. The van der Waals surface area contributed by atoms with Crippen LogP contribution < -0.4 is 18.1 Å².